The molecule has 0 bridgehead atoms. The van der Waals surface area contributed by atoms with Crippen molar-refractivity contribution in [1.82, 2.24) is 20.6 Å². The SMILES string of the molecule is c1cc(OC[C@@H]2CCCNC2)nc(OC[C@@H]2CCCNC2)n1. The Bertz CT molecular complexity index is 408. The van der Waals surface area contributed by atoms with Gasteiger partial charge in [-0.15, -0.1) is 0 Å². The van der Waals surface area contributed by atoms with Crippen LogP contribution >= 0.6 is 0 Å². The third-order valence-corrected chi connectivity index (χ3v) is 4.32. The molecule has 0 spiro atoms. The molecule has 1 aromatic rings. The Morgan fingerprint density at radius 1 is 1.00 bits per heavy atom. The zero-order chi connectivity index (χ0) is 15.0. The zero-order valence-corrected chi connectivity index (χ0v) is 13.1. The van der Waals surface area contributed by atoms with Crippen LogP contribution in [0.15, 0.2) is 12.3 Å². The lowest BCUT2D eigenvalue weighted by molar-refractivity contribution is 0.192. The Morgan fingerprint density at radius 2 is 1.68 bits per heavy atom. The molecule has 6 nitrogen and oxygen atoms in total. The summed E-state index contributed by atoms with van der Waals surface area (Å²) < 4.78 is 11.5. The fraction of sp³-hybridized carbons (Fsp3) is 0.750. The van der Waals surface area contributed by atoms with Gasteiger partial charge in [0.15, 0.2) is 0 Å². The molecule has 0 amide bonds. The van der Waals surface area contributed by atoms with Crippen LogP contribution in [0.4, 0.5) is 0 Å². The van der Waals surface area contributed by atoms with Gasteiger partial charge in [0, 0.05) is 37.2 Å². The molecule has 0 aliphatic carbocycles. The van der Waals surface area contributed by atoms with Crippen molar-refractivity contribution in [3.8, 4) is 11.9 Å². The van der Waals surface area contributed by atoms with Gasteiger partial charge in [-0.2, -0.15) is 4.98 Å². The quantitative estimate of drug-likeness (QED) is 0.824. The molecule has 122 valence electrons. The third kappa shape index (κ3) is 4.81. The maximum Gasteiger partial charge on any atom is 0.319 e. The van der Waals surface area contributed by atoms with E-state index in [9.17, 15) is 0 Å². The highest BCUT2D eigenvalue weighted by Crippen LogP contribution is 2.16. The predicted octanol–water partition coefficient (Wildman–Crippen LogP) is 1.23. The highest BCUT2D eigenvalue weighted by molar-refractivity contribution is 5.11. The van der Waals surface area contributed by atoms with E-state index >= 15 is 0 Å². The molecule has 22 heavy (non-hydrogen) atoms. The van der Waals surface area contributed by atoms with Gasteiger partial charge in [-0.05, 0) is 38.8 Å². The summed E-state index contributed by atoms with van der Waals surface area (Å²) in [5.41, 5.74) is 0. The van der Waals surface area contributed by atoms with Crippen molar-refractivity contribution in [3.63, 3.8) is 0 Å². The maximum absolute atomic E-state index is 5.79. The second kappa shape index (κ2) is 8.29. The lowest BCUT2D eigenvalue weighted by atomic mass is 10.0. The Hall–Kier alpha value is -1.40. The van der Waals surface area contributed by atoms with Crippen LogP contribution in [-0.2, 0) is 0 Å². The van der Waals surface area contributed by atoms with Crippen molar-refractivity contribution in [2.75, 3.05) is 39.4 Å². The molecule has 6 heteroatoms. The van der Waals surface area contributed by atoms with Crippen LogP contribution < -0.4 is 20.1 Å². The summed E-state index contributed by atoms with van der Waals surface area (Å²) >= 11 is 0. The molecule has 2 N–H and O–H groups in total. The molecular formula is C16H26N4O2. The van der Waals surface area contributed by atoms with E-state index in [4.69, 9.17) is 9.47 Å². The average molecular weight is 306 g/mol. The van der Waals surface area contributed by atoms with Gasteiger partial charge in [0.05, 0.1) is 13.2 Å². The molecule has 2 saturated heterocycles. The Kier molecular flexibility index (Phi) is 5.84. The maximum atomic E-state index is 5.79. The number of hydrogen-bond donors (Lipinski definition) is 2. The fourth-order valence-electron chi connectivity index (χ4n) is 3.00. The van der Waals surface area contributed by atoms with Crippen molar-refractivity contribution in [3.05, 3.63) is 12.3 Å². The molecule has 2 fully saturated rings. The van der Waals surface area contributed by atoms with E-state index in [1.165, 1.54) is 25.7 Å². The minimum absolute atomic E-state index is 0.421. The van der Waals surface area contributed by atoms with Crippen molar-refractivity contribution in [2.24, 2.45) is 11.8 Å². The molecule has 1 aromatic heterocycles. The van der Waals surface area contributed by atoms with Gasteiger partial charge < -0.3 is 20.1 Å². The van der Waals surface area contributed by atoms with E-state index in [0.29, 0.717) is 36.9 Å². The number of aromatic nitrogens is 2. The summed E-state index contributed by atoms with van der Waals surface area (Å²) in [7, 11) is 0. The minimum atomic E-state index is 0.421. The van der Waals surface area contributed by atoms with Gasteiger partial charge >= 0.3 is 6.01 Å². The second-order valence-electron chi connectivity index (χ2n) is 6.22. The number of ether oxygens (including phenoxy) is 2. The number of nitrogens with zero attached hydrogens (tertiary/aromatic N) is 2. The number of piperidine rings is 2. The topological polar surface area (TPSA) is 68.3 Å². The van der Waals surface area contributed by atoms with Gasteiger partial charge in [0.2, 0.25) is 5.88 Å². The third-order valence-electron chi connectivity index (χ3n) is 4.32. The Morgan fingerprint density at radius 3 is 2.32 bits per heavy atom. The van der Waals surface area contributed by atoms with Gasteiger partial charge in [-0.3, -0.25) is 0 Å². The Labute approximate surface area is 132 Å². The molecule has 0 saturated carbocycles. The molecule has 0 unspecified atom stereocenters. The highest BCUT2D eigenvalue weighted by atomic mass is 16.5. The van der Waals surface area contributed by atoms with Crippen molar-refractivity contribution >= 4 is 0 Å². The minimum Gasteiger partial charge on any atom is -0.477 e. The summed E-state index contributed by atoms with van der Waals surface area (Å²) in [5.74, 6) is 1.73. The molecule has 2 atom stereocenters. The molecule has 3 heterocycles. The first kappa shape index (κ1) is 15.5. The molecule has 2 aliphatic rings. The molecule has 0 radical (unpaired) electrons. The summed E-state index contributed by atoms with van der Waals surface area (Å²) in [5, 5.41) is 6.78. The van der Waals surface area contributed by atoms with Crippen LogP contribution in [-0.4, -0.2) is 49.4 Å². The highest BCUT2D eigenvalue weighted by Gasteiger charge is 2.15. The van der Waals surface area contributed by atoms with E-state index < -0.39 is 0 Å². The van der Waals surface area contributed by atoms with E-state index in [1.807, 2.05) is 0 Å². The number of hydrogen-bond acceptors (Lipinski definition) is 6. The normalized spacial score (nSPS) is 25.6. The monoisotopic (exact) mass is 306 g/mol. The summed E-state index contributed by atoms with van der Waals surface area (Å²) in [6, 6.07) is 2.22. The second-order valence-corrected chi connectivity index (χ2v) is 6.22. The van der Waals surface area contributed by atoms with Crippen molar-refractivity contribution in [2.45, 2.75) is 25.7 Å². The first-order valence-corrected chi connectivity index (χ1v) is 8.40. The van der Waals surface area contributed by atoms with Gasteiger partial charge in [-0.1, -0.05) is 0 Å². The van der Waals surface area contributed by atoms with Gasteiger partial charge in [0.1, 0.15) is 0 Å². The molecule has 2 aliphatic heterocycles. The van der Waals surface area contributed by atoms with Crippen LogP contribution in [0.5, 0.6) is 11.9 Å². The Balaban J connectivity index is 1.44. The van der Waals surface area contributed by atoms with E-state index in [0.717, 1.165) is 26.2 Å². The summed E-state index contributed by atoms with van der Waals surface area (Å²) in [4.78, 5) is 8.52. The van der Waals surface area contributed by atoms with Gasteiger partial charge in [-0.25, -0.2) is 4.98 Å². The summed E-state index contributed by atoms with van der Waals surface area (Å²) in [6.07, 6.45) is 6.57. The van der Waals surface area contributed by atoms with Crippen molar-refractivity contribution in [1.29, 1.82) is 0 Å². The van der Waals surface area contributed by atoms with Crippen LogP contribution in [0.25, 0.3) is 0 Å². The standard InChI is InChI=1S/C16H26N4O2/c1-3-13(9-17-6-1)11-21-15-5-8-19-16(20-15)22-12-14-4-2-7-18-10-14/h5,8,13-14,17-18H,1-4,6-7,9-12H2/t13-,14-/m1/s1. The zero-order valence-electron chi connectivity index (χ0n) is 13.1. The van der Waals surface area contributed by atoms with Crippen LogP contribution in [0, 0.1) is 11.8 Å². The van der Waals surface area contributed by atoms with Crippen LogP contribution in [0.2, 0.25) is 0 Å². The van der Waals surface area contributed by atoms with E-state index in [1.54, 1.807) is 12.3 Å². The van der Waals surface area contributed by atoms with Gasteiger partial charge in [0.25, 0.3) is 0 Å². The lowest BCUT2D eigenvalue weighted by Crippen LogP contribution is -2.33. The smallest absolute Gasteiger partial charge is 0.319 e. The number of nitrogens with one attached hydrogen (secondary N) is 2. The largest absolute Gasteiger partial charge is 0.477 e. The first-order chi connectivity index (χ1) is 10.9. The van der Waals surface area contributed by atoms with E-state index in [-0.39, 0.29) is 0 Å². The molecule has 3 rings (SSSR count). The lowest BCUT2D eigenvalue weighted by Gasteiger charge is -2.23. The average Bonchev–Trinajstić information content (AvgIpc) is 2.60. The predicted molar refractivity (Wildman–Crippen MR) is 84.2 cm³/mol. The summed E-state index contributed by atoms with van der Waals surface area (Å²) in [6.45, 7) is 5.66. The molecular weight excluding hydrogens is 280 g/mol. The molecule has 0 aromatic carbocycles. The fourth-order valence-corrected chi connectivity index (χ4v) is 3.00. The van der Waals surface area contributed by atoms with Crippen LogP contribution in [0.1, 0.15) is 25.7 Å². The van der Waals surface area contributed by atoms with E-state index in [2.05, 4.69) is 20.6 Å². The number of rotatable bonds is 6. The van der Waals surface area contributed by atoms with Crippen LogP contribution in [0.3, 0.4) is 0 Å². The first-order valence-electron chi connectivity index (χ1n) is 8.40. The van der Waals surface area contributed by atoms with Crippen molar-refractivity contribution < 1.29 is 9.47 Å².